The Hall–Kier alpha value is -4.73. The average Bonchev–Trinajstić information content (AvgIpc) is 4.25. The van der Waals surface area contributed by atoms with Crippen molar-refractivity contribution in [1.82, 2.24) is 0 Å². The first-order valence-electron chi connectivity index (χ1n) is 26.5. The fourth-order valence-corrected chi connectivity index (χ4v) is 9.26. The van der Waals surface area contributed by atoms with Crippen LogP contribution in [0.15, 0.2) is 204 Å². The summed E-state index contributed by atoms with van der Waals surface area (Å²) in [5.41, 5.74) is 11.8. The Morgan fingerprint density at radius 1 is 0.319 bits per heavy atom. The summed E-state index contributed by atoms with van der Waals surface area (Å²) in [6.45, 7) is 9.07. The number of rotatable bonds is 12. The van der Waals surface area contributed by atoms with Crippen LogP contribution in [0.5, 0.6) is 0 Å². The third-order valence-corrected chi connectivity index (χ3v) is 13.4. The van der Waals surface area contributed by atoms with Gasteiger partial charge < -0.3 is 46.6 Å². The van der Waals surface area contributed by atoms with E-state index in [4.69, 9.17) is 0 Å². The van der Waals surface area contributed by atoms with Gasteiger partial charge in [0.2, 0.25) is 0 Å². The number of allylic oxidation sites excluding steroid dienone is 8. The summed E-state index contributed by atoms with van der Waals surface area (Å²) < 4.78 is 0. The monoisotopic (exact) mass is 1090 g/mol. The Morgan fingerprint density at radius 2 is 0.542 bits per heavy atom. The van der Waals surface area contributed by atoms with E-state index in [0.29, 0.717) is 0 Å². The molecule has 0 amide bonds. The molecule has 2 aliphatic carbocycles. The third kappa shape index (κ3) is 17.7. The van der Waals surface area contributed by atoms with Gasteiger partial charge in [-0.3, -0.25) is 0 Å². The maximum Gasteiger partial charge on any atom is 4.00 e. The summed E-state index contributed by atoms with van der Waals surface area (Å²) in [6.07, 6.45) is 33.4. The Morgan fingerprint density at radius 3 is 0.750 bits per heavy atom. The van der Waals surface area contributed by atoms with Crippen LogP contribution >= 0.6 is 0 Å². The van der Waals surface area contributed by atoms with Crippen LogP contribution in [-0.2, 0) is 78.1 Å². The smallest absolute Gasteiger partial charge is 0.373 e. The molecule has 0 nitrogen and oxygen atoms in total. The van der Waals surface area contributed by atoms with Crippen LogP contribution in [0.3, 0.4) is 0 Å². The van der Waals surface area contributed by atoms with Crippen molar-refractivity contribution < 1.29 is 52.4 Å². The summed E-state index contributed by atoms with van der Waals surface area (Å²) in [6, 6.07) is 63.7. The summed E-state index contributed by atoms with van der Waals surface area (Å²) in [5.74, 6) is 0. The van der Waals surface area contributed by atoms with Crippen molar-refractivity contribution >= 4 is 43.1 Å². The van der Waals surface area contributed by atoms with Crippen molar-refractivity contribution in [3.63, 3.8) is 0 Å². The van der Waals surface area contributed by atoms with Gasteiger partial charge in [-0.25, -0.2) is 0 Å². The molecular formula is C70H74Zr2. The Kier molecular flexibility index (Phi) is 26.2. The third-order valence-electron chi connectivity index (χ3n) is 13.4. The minimum Gasteiger partial charge on any atom is -0.373 e. The second-order valence-corrected chi connectivity index (χ2v) is 18.8. The molecule has 72 heavy (non-hydrogen) atoms. The molecule has 0 fully saturated rings. The molecule has 362 valence electrons. The number of benzene rings is 5. The van der Waals surface area contributed by atoms with Gasteiger partial charge in [0, 0.05) is 0 Å². The van der Waals surface area contributed by atoms with Crippen molar-refractivity contribution in [2.75, 3.05) is 0 Å². The van der Waals surface area contributed by atoms with Crippen molar-refractivity contribution in [1.29, 1.82) is 0 Å². The summed E-state index contributed by atoms with van der Waals surface area (Å²) in [7, 11) is 0. The predicted molar refractivity (Wildman–Crippen MR) is 305 cm³/mol. The van der Waals surface area contributed by atoms with E-state index in [-0.39, 0.29) is 52.4 Å². The molecule has 0 atom stereocenters. The molecule has 0 saturated heterocycles. The van der Waals surface area contributed by atoms with Crippen LogP contribution in [0.25, 0.3) is 43.1 Å². The molecule has 0 heterocycles. The van der Waals surface area contributed by atoms with Crippen LogP contribution in [0.4, 0.5) is 0 Å². The van der Waals surface area contributed by atoms with E-state index < -0.39 is 0 Å². The number of unbranched alkanes of at least 4 members (excludes halogenated alkanes) is 8. The SMILES string of the molecule is CCCC[C-]=C1Cc2cc3c(cc2CC1=[C-]CCCC)CC(=[C-]CCCC)C(=[C-]CCCC)C3.[Zr+4].[Zr+4].c1ccc2[cH-]ccc2c1.c1ccc2[cH-]ccc2c1.c1ccc2[cH-]ccc2c1.c1ccc2[cH-]ccc2c1. The Labute approximate surface area is 472 Å². The molecule has 11 rings (SSSR count). The van der Waals surface area contributed by atoms with E-state index in [9.17, 15) is 0 Å². The van der Waals surface area contributed by atoms with Gasteiger partial charge >= 0.3 is 52.4 Å². The molecule has 0 aliphatic heterocycles. The minimum absolute atomic E-state index is 0. The fourth-order valence-electron chi connectivity index (χ4n) is 9.26. The first kappa shape index (κ1) is 58.2. The molecule has 2 heteroatoms. The van der Waals surface area contributed by atoms with Gasteiger partial charge in [-0.1, -0.05) is 138 Å². The van der Waals surface area contributed by atoms with Crippen molar-refractivity contribution in [3.8, 4) is 0 Å². The number of fused-ring (bicyclic) bond motifs is 6. The van der Waals surface area contributed by atoms with Gasteiger partial charge in [-0.15, -0.1) is 170 Å². The second-order valence-electron chi connectivity index (χ2n) is 18.8. The standard InChI is InChI=1S/C34H46.4C9H7.2Zr/c1-5-9-13-17-27-21-31-25-33-23-29(19-15-11-7-3)30(20-16-12-8-4)24-34(33)26-32(31)22-28(27)18-14-10-6-2;4*1-2-5-9-7-3-6-8(9)4-1;;/h25-26H,5-16,21-24H2,1-4H3;4*1-7H;;/q-4;4*-1;2*+4. The van der Waals surface area contributed by atoms with Crippen LogP contribution in [-0.4, -0.2) is 0 Å². The first-order valence-corrected chi connectivity index (χ1v) is 26.5. The second kappa shape index (κ2) is 32.5. The zero-order valence-corrected chi connectivity index (χ0v) is 48.6. The van der Waals surface area contributed by atoms with Gasteiger partial charge in [0.1, 0.15) is 0 Å². The average molecular weight is 1100 g/mol. The molecule has 9 aromatic carbocycles. The fraction of sp³-hybridized carbons (Fsp3) is 0.286. The molecule has 0 saturated carbocycles. The van der Waals surface area contributed by atoms with E-state index in [0.717, 1.165) is 51.4 Å². The molecule has 0 N–H and O–H groups in total. The summed E-state index contributed by atoms with van der Waals surface area (Å²) >= 11 is 0. The van der Waals surface area contributed by atoms with Gasteiger partial charge in [-0.05, 0) is 0 Å². The van der Waals surface area contributed by atoms with Gasteiger partial charge in [0.05, 0.1) is 0 Å². The molecular weight excluding hydrogens is 1020 g/mol. The molecule has 0 bridgehead atoms. The summed E-state index contributed by atoms with van der Waals surface area (Å²) in [5, 5.41) is 10.6. The molecule has 0 spiro atoms. The zero-order chi connectivity index (χ0) is 48.6. The Bertz CT molecular complexity index is 2520. The van der Waals surface area contributed by atoms with E-state index in [1.807, 2.05) is 0 Å². The maximum atomic E-state index is 3.78. The van der Waals surface area contributed by atoms with Crippen LogP contribution in [0.1, 0.15) is 127 Å². The molecule has 0 unspecified atom stereocenters. The molecule has 9 aromatic rings. The van der Waals surface area contributed by atoms with Crippen LogP contribution in [0.2, 0.25) is 0 Å². The maximum absolute atomic E-state index is 3.78. The van der Waals surface area contributed by atoms with E-state index >= 15 is 0 Å². The molecule has 0 aromatic heterocycles. The normalized spacial score (nSPS) is 14.7. The number of hydrogen-bond acceptors (Lipinski definition) is 0. The van der Waals surface area contributed by atoms with E-state index in [1.165, 1.54) is 139 Å². The Balaban J connectivity index is 0.000000200. The van der Waals surface area contributed by atoms with Crippen molar-refractivity contribution in [3.05, 3.63) is 251 Å². The van der Waals surface area contributed by atoms with E-state index in [2.05, 4.69) is 234 Å². The van der Waals surface area contributed by atoms with Gasteiger partial charge in [0.15, 0.2) is 0 Å². The van der Waals surface area contributed by atoms with Gasteiger partial charge in [0.25, 0.3) is 0 Å². The summed E-state index contributed by atoms with van der Waals surface area (Å²) in [4.78, 5) is 0. The predicted octanol–water partition coefficient (Wildman–Crippen LogP) is 19.8. The number of hydrogen-bond donors (Lipinski definition) is 0. The van der Waals surface area contributed by atoms with Crippen molar-refractivity contribution in [2.24, 2.45) is 0 Å². The quantitative estimate of drug-likeness (QED) is 0.0845. The largest absolute Gasteiger partial charge is 4.00 e. The molecule has 0 radical (unpaired) electrons. The minimum atomic E-state index is 0. The zero-order valence-electron chi connectivity index (χ0n) is 43.6. The van der Waals surface area contributed by atoms with Gasteiger partial charge in [-0.2, -0.15) is 70.1 Å². The first-order chi connectivity index (χ1) is 34.6. The topological polar surface area (TPSA) is 0 Å². The van der Waals surface area contributed by atoms with E-state index in [1.54, 1.807) is 0 Å². The molecule has 2 aliphatic rings. The van der Waals surface area contributed by atoms with Crippen molar-refractivity contribution in [2.45, 2.75) is 130 Å². The van der Waals surface area contributed by atoms with Crippen LogP contribution < -0.4 is 0 Å². The van der Waals surface area contributed by atoms with Crippen LogP contribution in [0, 0.1) is 24.3 Å².